The largest absolute Gasteiger partial charge is 0.491 e. The summed E-state index contributed by atoms with van der Waals surface area (Å²) in [5, 5.41) is 3.64. The Morgan fingerprint density at radius 1 is 1.15 bits per heavy atom. The van der Waals surface area contributed by atoms with E-state index in [0.717, 1.165) is 24.1 Å². The Morgan fingerprint density at radius 3 is 2.25 bits per heavy atom. The minimum atomic E-state index is 0.217. The van der Waals surface area contributed by atoms with E-state index in [0.29, 0.717) is 0 Å². The lowest BCUT2D eigenvalue weighted by Crippen LogP contribution is -2.42. The van der Waals surface area contributed by atoms with E-state index in [1.165, 1.54) is 18.4 Å². The molecule has 0 aliphatic heterocycles. The number of benzene rings is 1. The first-order valence-corrected chi connectivity index (χ1v) is 7.87. The van der Waals surface area contributed by atoms with Crippen molar-refractivity contribution in [3.05, 3.63) is 29.8 Å². The van der Waals surface area contributed by atoms with E-state index in [2.05, 4.69) is 64.2 Å². The summed E-state index contributed by atoms with van der Waals surface area (Å²) in [7, 11) is 0. The molecule has 0 spiro atoms. The van der Waals surface area contributed by atoms with Crippen LogP contribution in [0.3, 0.4) is 0 Å². The molecule has 2 nitrogen and oxygen atoms in total. The number of hydrogen-bond donors (Lipinski definition) is 1. The van der Waals surface area contributed by atoms with Gasteiger partial charge in [0.05, 0.1) is 6.10 Å². The molecule has 2 atom stereocenters. The maximum atomic E-state index is 5.71. The van der Waals surface area contributed by atoms with Crippen LogP contribution >= 0.6 is 0 Å². The maximum absolute atomic E-state index is 5.71. The lowest BCUT2D eigenvalue weighted by atomic mass is 9.70. The first kappa shape index (κ1) is 15.4. The van der Waals surface area contributed by atoms with Crippen LogP contribution in [0, 0.1) is 5.92 Å². The van der Waals surface area contributed by atoms with E-state index in [1.54, 1.807) is 0 Å². The highest BCUT2D eigenvalue weighted by Gasteiger charge is 2.32. The molecular weight excluding hydrogens is 246 g/mol. The molecule has 0 radical (unpaired) electrons. The van der Waals surface area contributed by atoms with Crippen LogP contribution in [0.15, 0.2) is 24.3 Å². The topological polar surface area (TPSA) is 21.3 Å². The molecule has 1 aromatic rings. The average Bonchev–Trinajstić information content (AvgIpc) is 2.28. The van der Waals surface area contributed by atoms with Crippen LogP contribution in [0.2, 0.25) is 0 Å². The molecule has 2 rings (SSSR count). The molecule has 112 valence electrons. The monoisotopic (exact) mass is 275 g/mol. The van der Waals surface area contributed by atoms with E-state index >= 15 is 0 Å². The summed E-state index contributed by atoms with van der Waals surface area (Å²) in [4.78, 5) is 0. The highest BCUT2D eigenvalue weighted by Crippen LogP contribution is 2.42. The summed E-state index contributed by atoms with van der Waals surface area (Å²) in [5.74, 6) is 2.48. The second-order valence-corrected chi connectivity index (χ2v) is 7.31. The zero-order chi connectivity index (χ0) is 14.8. The summed E-state index contributed by atoms with van der Waals surface area (Å²) in [5.41, 5.74) is 1.68. The van der Waals surface area contributed by atoms with Crippen molar-refractivity contribution in [1.82, 2.24) is 5.32 Å². The minimum Gasteiger partial charge on any atom is -0.491 e. The molecule has 1 aliphatic carbocycles. The molecule has 20 heavy (non-hydrogen) atoms. The second-order valence-electron chi connectivity index (χ2n) is 7.31. The van der Waals surface area contributed by atoms with Gasteiger partial charge in [-0.1, -0.05) is 12.1 Å². The van der Waals surface area contributed by atoms with E-state index in [1.807, 2.05) is 0 Å². The lowest BCUT2D eigenvalue weighted by Gasteiger charge is -2.39. The van der Waals surface area contributed by atoms with Gasteiger partial charge < -0.3 is 10.1 Å². The van der Waals surface area contributed by atoms with Gasteiger partial charge in [-0.2, -0.15) is 0 Å². The summed E-state index contributed by atoms with van der Waals surface area (Å²) < 4.78 is 5.71. The molecule has 1 aromatic carbocycles. The molecule has 1 N–H and O–H groups in total. The molecule has 0 heterocycles. The van der Waals surface area contributed by atoms with Crippen LogP contribution in [0.1, 0.15) is 58.9 Å². The van der Waals surface area contributed by atoms with Gasteiger partial charge in [0.25, 0.3) is 0 Å². The van der Waals surface area contributed by atoms with Crippen molar-refractivity contribution >= 4 is 0 Å². The summed E-state index contributed by atoms with van der Waals surface area (Å²) in [6.45, 7) is 12.0. The Morgan fingerprint density at radius 2 is 1.80 bits per heavy atom. The van der Waals surface area contributed by atoms with Crippen LogP contribution in [0.5, 0.6) is 5.75 Å². The molecule has 1 saturated carbocycles. The fourth-order valence-corrected chi connectivity index (χ4v) is 2.76. The number of rotatable bonds is 5. The fraction of sp³-hybridized carbons (Fsp3) is 0.667. The fourth-order valence-electron chi connectivity index (χ4n) is 2.76. The van der Waals surface area contributed by atoms with Gasteiger partial charge in [-0.05, 0) is 83.5 Å². The molecule has 0 amide bonds. The Hall–Kier alpha value is -1.02. The van der Waals surface area contributed by atoms with Crippen molar-refractivity contribution in [3.8, 4) is 5.75 Å². The molecule has 1 fully saturated rings. The van der Waals surface area contributed by atoms with Crippen LogP contribution in [0.25, 0.3) is 0 Å². The maximum Gasteiger partial charge on any atom is 0.119 e. The highest BCUT2D eigenvalue weighted by molar-refractivity contribution is 5.31. The number of nitrogens with one attached hydrogen (secondary N) is 1. The normalized spacial score (nSPS) is 22.7. The lowest BCUT2D eigenvalue weighted by molar-refractivity contribution is 0.224. The van der Waals surface area contributed by atoms with Gasteiger partial charge in [0.2, 0.25) is 0 Å². The summed E-state index contributed by atoms with van der Waals surface area (Å²) in [6.07, 6.45) is 2.91. The van der Waals surface area contributed by atoms with Gasteiger partial charge in [-0.3, -0.25) is 0 Å². The Balaban J connectivity index is 1.91. The highest BCUT2D eigenvalue weighted by atomic mass is 16.5. The van der Waals surface area contributed by atoms with Crippen molar-refractivity contribution in [1.29, 1.82) is 0 Å². The first-order valence-electron chi connectivity index (χ1n) is 7.87. The SMILES string of the molecule is CC(C)Oc1ccc(C2CCC2CNC(C)(C)C)cc1. The van der Waals surface area contributed by atoms with Gasteiger partial charge >= 0.3 is 0 Å². The van der Waals surface area contributed by atoms with Crippen LogP contribution in [-0.2, 0) is 0 Å². The van der Waals surface area contributed by atoms with Gasteiger partial charge in [0.1, 0.15) is 5.75 Å². The third-order valence-corrected chi connectivity index (χ3v) is 3.99. The third-order valence-electron chi connectivity index (χ3n) is 3.99. The zero-order valence-electron chi connectivity index (χ0n) is 13.6. The van der Waals surface area contributed by atoms with Crippen LogP contribution in [0.4, 0.5) is 0 Å². The van der Waals surface area contributed by atoms with Gasteiger partial charge in [-0.15, -0.1) is 0 Å². The standard InChI is InChI=1S/C18H29NO/c1-13(2)20-16-9-6-14(7-10-16)17-11-8-15(17)12-19-18(3,4)5/h6-7,9-10,13,15,17,19H,8,11-12H2,1-5H3. The molecule has 2 heteroatoms. The van der Waals surface area contributed by atoms with Gasteiger partial charge in [0, 0.05) is 5.54 Å². The summed E-state index contributed by atoms with van der Waals surface area (Å²) >= 11 is 0. The minimum absolute atomic E-state index is 0.217. The van der Waals surface area contributed by atoms with E-state index in [9.17, 15) is 0 Å². The Kier molecular flexibility index (Phi) is 4.74. The van der Waals surface area contributed by atoms with E-state index in [-0.39, 0.29) is 11.6 Å². The van der Waals surface area contributed by atoms with Crippen LogP contribution < -0.4 is 10.1 Å². The predicted molar refractivity (Wildman–Crippen MR) is 85.4 cm³/mol. The van der Waals surface area contributed by atoms with E-state index < -0.39 is 0 Å². The van der Waals surface area contributed by atoms with Crippen molar-refractivity contribution in [2.24, 2.45) is 5.92 Å². The van der Waals surface area contributed by atoms with Crippen molar-refractivity contribution in [3.63, 3.8) is 0 Å². The smallest absolute Gasteiger partial charge is 0.119 e. The molecule has 0 bridgehead atoms. The van der Waals surface area contributed by atoms with Crippen molar-refractivity contribution in [2.45, 2.75) is 65.0 Å². The number of hydrogen-bond acceptors (Lipinski definition) is 2. The predicted octanol–water partition coefficient (Wildman–Crippen LogP) is 4.36. The van der Waals surface area contributed by atoms with Gasteiger partial charge in [0.15, 0.2) is 0 Å². The molecule has 0 saturated heterocycles. The zero-order valence-corrected chi connectivity index (χ0v) is 13.6. The summed E-state index contributed by atoms with van der Waals surface area (Å²) in [6, 6.07) is 8.71. The van der Waals surface area contributed by atoms with E-state index in [4.69, 9.17) is 4.74 Å². The van der Waals surface area contributed by atoms with Gasteiger partial charge in [-0.25, -0.2) is 0 Å². The average molecular weight is 275 g/mol. The number of ether oxygens (including phenoxy) is 1. The molecular formula is C18H29NO. The van der Waals surface area contributed by atoms with Crippen LogP contribution in [-0.4, -0.2) is 18.2 Å². The molecule has 0 aromatic heterocycles. The first-order chi connectivity index (χ1) is 9.35. The van der Waals surface area contributed by atoms with Crippen molar-refractivity contribution < 1.29 is 4.74 Å². The van der Waals surface area contributed by atoms with Crippen molar-refractivity contribution in [2.75, 3.05) is 6.54 Å². The molecule has 2 unspecified atom stereocenters. The third kappa shape index (κ3) is 4.24. The quantitative estimate of drug-likeness (QED) is 0.862. The Bertz CT molecular complexity index is 416. The Labute approximate surface area is 123 Å². The second kappa shape index (κ2) is 6.17. The molecule has 1 aliphatic rings.